The van der Waals surface area contributed by atoms with E-state index in [1.807, 2.05) is 0 Å². The van der Waals surface area contributed by atoms with Gasteiger partial charge in [0.1, 0.15) is 0 Å². The van der Waals surface area contributed by atoms with Crippen molar-refractivity contribution in [3.8, 4) is 11.5 Å². The molecule has 0 spiro atoms. The molecule has 2 aromatic carbocycles. The Morgan fingerprint density at radius 3 is 2.40 bits per heavy atom. The first-order valence-electron chi connectivity index (χ1n) is 7.13. The minimum absolute atomic E-state index is 0.0432. The van der Waals surface area contributed by atoms with E-state index in [-0.39, 0.29) is 33.0 Å². The molecular formula is C16H13Cl3O5S. The molecule has 0 aliphatic carbocycles. The van der Waals surface area contributed by atoms with E-state index in [1.54, 1.807) is 19.1 Å². The quantitative estimate of drug-likeness (QED) is 0.366. The van der Waals surface area contributed by atoms with Crippen molar-refractivity contribution in [1.29, 1.82) is 0 Å². The smallest absolute Gasteiger partial charge is 0.343 e. The Bertz CT molecular complexity index is 897. The molecule has 0 unspecified atom stereocenters. The first kappa shape index (κ1) is 19.8. The lowest BCUT2D eigenvalue weighted by Gasteiger charge is -2.14. The van der Waals surface area contributed by atoms with Crippen LogP contribution in [-0.4, -0.2) is 14.4 Å². The summed E-state index contributed by atoms with van der Waals surface area (Å²) in [6.45, 7) is 1.78. The first-order valence-corrected chi connectivity index (χ1v) is 9.67. The second kappa shape index (κ2) is 8.27. The third-order valence-electron chi connectivity index (χ3n) is 2.95. The predicted octanol–water partition coefficient (Wildman–Crippen LogP) is 5.12. The molecule has 9 heteroatoms. The summed E-state index contributed by atoms with van der Waals surface area (Å²) in [5, 5.41) is 0.0173. The van der Waals surface area contributed by atoms with Crippen LogP contribution in [0.2, 0.25) is 15.1 Å². The fraction of sp³-hybridized carbons (Fsp3) is 0.188. The van der Waals surface area contributed by atoms with Crippen LogP contribution in [-0.2, 0) is 14.9 Å². The Morgan fingerprint density at radius 2 is 1.76 bits per heavy atom. The minimum atomic E-state index is -4.40. The molecule has 0 atom stereocenters. The Morgan fingerprint density at radius 1 is 1.08 bits per heavy atom. The monoisotopic (exact) mass is 422 g/mol. The molecule has 0 radical (unpaired) electrons. The standard InChI is InChI=1S/C16H13Cl3O5S/c1-2-5-15(20)23-16-12(19)8-10(17)9-14(16)25(21,22)24-13-7-4-3-6-11(13)18/h3-4,6-9H,2,5H2,1H3. The highest BCUT2D eigenvalue weighted by atomic mass is 35.5. The number of halogens is 3. The van der Waals surface area contributed by atoms with Crippen molar-refractivity contribution in [2.75, 3.05) is 0 Å². The van der Waals surface area contributed by atoms with E-state index in [0.29, 0.717) is 6.42 Å². The van der Waals surface area contributed by atoms with Crippen molar-refractivity contribution in [2.24, 2.45) is 0 Å². The number of carbonyl (C=O) groups excluding carboxylic acids is 1. The third-order valence-corrected chi connectivity index (χ3v) is 5.00. The van der Waals surface area contributed by atoms with Gasteiger partial charge in [0.15, 0.2) is 16.4 Å². The topological polar surface area (TPSA) is 69.7 Å². The molecule has 0 saturated carbocycles. The van der Waals surface area contributed by atoms with Crippen LogP contribution in [0.4, 0.5) is 0 Å². The van der Waals surface area contributed by atoms with Gasteiger partial charge in [-0.25, -0.2) is 0 Å². The van der Waals surface area contributed by atoms with Gasteiger partial charge in [-0.3, -0.25) is 4.79 Å². The lowest BCUT2D eigenvalue weighted by Crippen LogP contribution is -2.15. The molecule has 25 heavy (non-hydrogen) atoms. The van der Waals surface area contributed by atoms with Gasteiger partial charge >= 0.3 is 16.1 Å². The summed E-state index contributed by atoms with van der Waals surface area (Å²) in [5.41, 5.74) is 0. The summed E-state index contributed by atoms with van der Waals surface area (Å²) in [7, 11) is -4.40. The lowest BCUT2D eigenvalue weighted by molar-refractivity contribution is -0.134. The van der Waals surface area contributed by atoms with Gasteiger partial charge in [-0.1, -0.05) is 53.9 Å². The van der Waals surface area contributed by atoms with E-state index in [4.69, 9.17) is 43.7 Å². The van der Waals surface area contributed by atoms with Gasteiger partial charge in [-0.05, 0) is 30.7 Å². The highest BCUT2D eigenvalue weighted by Gasteiger charge is 2.27. The molecule has 0 heterocycles. The van der Waals surface area contributed by atoms with Gasteiger partial charge in [0, 0.05) is 11.4 Å². The maximum absolute atomic E-state index is 12.6. The van der Waals surface area contributed by atoms with Crippen molar-refractivity contribution in [3.63, 3.8) is 0 Å². The van der Waals surface area contributed by atoms with Gasteiger partial charge < -0.3 is 8.92 Å². The summed E-state index contributed by atoms with van der Waals surface area (Å²) in [5.74, 6) is -1.04. The predicted molar refractivity (Wildman–Crippen MR) is 96.3 cm³/mol. The molecule has 0 amide bonds. The average Bonchev–Trinajstić information content (AvgIpc) is 2.52. The molecule has 0 aromatic heterocycles. The van der Waals surface area contributed by atoms with Crippen molar-refractivity contribution in [3.05, 3.63) is 51.5 Å². The average molecular weight is 424 g/mol. The molecule has 0 bridgehead atoms. The highest BCUT2D eigenvalue weighted by Crippen LogP contribution is 2.37. The van der Waals surface area contributed by atoms with E-state index in [1.165, 1.54) is 18.2 Å². The van der Waals surface area contributed by atoms with E-state index in [9.17, 15) is 13.2 Å². The van der Waals surface area contributed by atoms with Gasteiger partial charge in [0.2, 0.25) is 0 Å². The fourth-order valence-corrected chi connectivity index (χ4v) is 3.86. The van der Waals surface area contributed by atoms with Gasteiger partial charge in [0.25, 0.3) is 0 Å². The third kappa shape index (κ3) is 5.01. The minimum Gasteiger partial charge on any atom is -0.423 e. The summed E-state index contributed by atoms with van der Waals surface area (Å²) in [4.78, 5) is 11.3. The second-order valence-electron chi connectivity index (χ2n) is 4.91. The molecule has 0 fully saturated rings. The van der Waals surface area contributed by atoms with Crippen LogP contribution >= 0.6 is 34.8 Å². The van der Waals surface area contributed by atoms with Crippen LogP contribution in [0.25, 0.3) is 0 Å². The van der Waals surface area contributed by atoms with Crippen LogP contribution in [0, 0.1) is 0 Å². The Labute approximate surface area is 160 Å². The van der Waals surface area contributed by atoms with E-state index >= 15 is 0 Å². The van der Waals surface area contributed by atoms with Crippen molar-refractivity contribution < 1.29 is 22.1 Å². The van der Waals surface area contributed by atoms with Gasteiger partial charge in [0.05, 0.1) is 10.0 Å². The second-order valence-corrected chi connectivity index (χ2v) is 7.67. The summed E-state index contributed by atoms with van der Waals surface area (Å²) >= 11 is 17.8. The Hall–Kier alpha value is -1.47. The number of benzene rings is 2. The number of hydrogen-bond acceptors (Lipinski definition) is 5. The van der Waals surface area contributed by atoms with Crippen LogP contribution in [0.5, 0.6) is 11.5 Å². The molecule has 2 rings (SSSR count). The van der Waals surface area contributed by atoms with E-state index in [2.05, 4.69) is 0 Å². The summed E-state index contributed by atoms with van der Waals surface area (Å²) in [6, 6.07) is 8.40. The lowest BCUT2D eigenvalue weighted by atomic mass is 10.3. The fourth-order valence-electron chi connectivity index (χ4n) is 1.87. The molecule has 0 aliphatic heterocycles. The molecule has 0 aliphatic rings. The zero-order valence-electron chi connectivity index (χ0n) is 13.0. The van der Waals surface area contributed by atoms with E-state index in [0.717, 1.165) is 6.07 Å². The van der Waals surface area contributed by atoms with Gasteiger partial charge in [-0.2, -0.15) is 8.42 Å². The number of para-hydroxylation sites is 1. The molecule has 2 aromatic rings. The molecular weight excluding hydrogens is 411 g/mol. The Kier molecular flexibility index (Phi) is 6.57. The number of ether oxygens (including phenoxy) is 1. The molecule has 134 valence electrons. The largest absolute Gasteiger partial charge is 0.423 e. The van der Waals surface area contributed by atoms with Crippen molar-refractivity contribution in [1.82, 2.24) is 0 Å². The number of carbonyl (C=O) groups is 1. The van der Waals surface area contributed by atoms with Crippen LogP contribution in [0.15, 0.2) is 41.3 Å². The zero-order valence-corrected chi connectivity index (χ0v) is 16.0. The zero-order chi connectivity index (χ0) is 18.6. The SMILES string of the molecule is CCCC(=O)Oc1c(Cl)cc(Cl)cc1S(=O)(=O)Oc1ccccc1Cl. The number of hydrogen-bond donors (Lipinski definition) is 0. The number of esters is 1. The van der Waals surface area contributed by atoms with Crippen molar-refractivity contribution in [2.45, 2.75) is 24.7 Å². The highest BCUT2D eigenvalue weighted by molar-refractivity contribution is 7.87. The maximum Gasteiger partial charge on any atom is 0.343 e. The van der Waals surface area contributed by atoms with Gasteiger partial charge in [-0.15, -0.1) is 0 Å². The normalized spacial score (nSPS) is 11.2. The first-order chi connectivity index (χ1) is 11.7. The van der Waals surface area contributed by atoms with E-state index < -0.39 is 21.0 Å². The maximum atomic E-state index is 12.6. The van der Waals surface area contributed by atoms with Crippen LogP contribution in [0.3, 0.4) is 0 Å². The summed E-state index contributed by atoms with van der Waals surface area (Å²) in [6.07, 6.45) is 0.631. The number of rotatable bonds is 6. The van der Waals surface area contributed by atoms with Crippen molar-refractivity contribution >= 4 is 50.9 Å². The van der Waals surface area contributed by atoms with Crippen LogP contribution in [0.1, 0.15) is 19.8 Å². The summed E-state index contributed by atoms with van der Waals surface area (Å²) < 4.78 is 35.4. The molecule has 0 N–H and O–H groups in total. The Balaban J connectivity index is 2.49. The molecule has 5 nitrogen and oxygen atoms in total. The molecule has 0 saturated heterocycles. The van der Waals surface area contributed by atoms with Crippen LogP contribution < -0.4 is 8.92 Å².